The maximum Gasteiger partial charge on any atom is 0.205 e. The zero-order valence-corrected chi connectivity index (χ0v) is 11.9. The molecule has 0 aromatic heterocycles. The highest BCUT2D eigenvalue weighted by atomic mass is 15.3. The summed E-state index contributed by atoms with van der Waals surface area (Å²) in [6, 6.07) is 0.558. The lowest BCUT2D eigenvalue weighted by Gasteiger charge is -2.17. The fourth-order valence-corrected chi connectivity index (χ4v) is 2.42. The van der Waals surface area contributed by atoms with Gasteiger partial charge in [0, 0.05) is 12.6 Å². The van der Waals surface area contributed by atoms with E-state index in [9.17, 15) is 0 Å². The average molecular weight is 255 g/mol. The number of nitrogens with one attached hydrogen (secondary N) is 2. The second-order valence-corrected chi connectivity index (χ2v) is 4.88. The lowest BCUT2D eigenvalue weighted by molar-refractivity contribution is 0.302. The molecule has 5 nitrogen and oxygen atoms in total. The Morgan fingerprint density at radius 2 is 1.94 bits per heavy atom. The summed E-state index contributed by atoms with van der Waals surface area (Å²) in [5, 5.41) is 3.38. The van der Waals surface area contributed by atoms with Crippen molar-refractivity contribution in [1.29, 1.82) is 0 Å². The van der Waals surface area contributed by atoms with Crippen molar-refractivity contribution in [3.05, 3.63) is 0 Å². The number of nitrogens with two attached hydrogens (primary N) is 1. The van der Waals surface area contributed by atoms with Crippen LogP contribution in [0.1, 0.15) is 46.0 Å². The van der Waals surface area contributed by atoms with Crippen molar-refractivity contribution >= 4 is 5.96 Å². The maximum absolute atomic E-state index is 5.49. The van der Waals surface area contributed by atoms with Crippen molar-refractivity contribution in [1.82, 2.24) is 15.6 Å². The van der Waals surface area contributed by atoms with Crippen LogP contribution in [-0.4, -0.2) is 43.1 Å². The fraction of sp³-hybridized carbons (Fsp3) is 0.923. The largest absolute Gasteiger partial charge is 0.353 e. The standard InChI is InChI=1S/C13H29N5/c1-3-18(4-2)11-7-10-15-13(17-14)16-12-8-5-6-9-12/h12H,3-11,14H2,1-2H3,(H2,15,16,17). The van der Waals surface area contributed by atoms with Gasteiger partial charge in [-0.05, 0) is 38.9 Å². The van der Waals surface area contributed by atoms with E-state index in [1.165, 1.54) is 25.7 Å². The molecule has 1 fully saturated rings. The molecule has 4 N–H and O–H groups in total. The van der Waals surface area contributed by atoms with Gasteiger partial charge in [0.1, 0.15) is 0 Å². The molecule has 0 bridgehead atoms. The Kier molecular flexibility index (Phi) is 7.76. The summed E-state index contributed by atoms with van der Waals surface area (Å²) in [4.78, 5) is 6.90. The van der Waals surface area contributed by atoms with Crippen molar-refractivity contribution in [2.75, 3.05) is 26.2 Å². The number of aliphatic imine (C=N–C) groups is 1. The molecule has 1 rings (SSSR count). The molecular formula is C13H29N5. The number of hydrazine groups is 1. The average Bonchev–Trinajstić information content (AvgIpc) is 2.90. The zero-order chi connectivity index (χ0) is 13.2. The van der Waals surface area contributed by atoms with E-state index in [1.54, 1.807) is 0 Å². The Hall–Kier alpha value is -0.810. The van der Waals surface area contributed by atoms with E-state index in [-0.39, 0.29) is 0 Å². The van der Waals surface area contributed by atoms with Crippen LogP contribution in [0.2, 0.25) is 0 Å². The van der Waals surface area contributed by atoms with E-state index in [2.05, 4.69) is 34.5 Å². The summed E-state index contributed by atoms with van der Waals surface area (Å²) in [5.41, 5.74) is 2.67. The topological polar surface area (TPSA) is 65.7 Å². The third kappa shape index (κ3) is 5.69. The lowest BCUT2D eigenvalue weighted by atomic mass is 10.2. The summed E-state index contributed by atoms with van der Waals surface area (Å²) >= 11 is 0. The number of nitrogens with zero attached hydrogens (tertiary/aromatic N) is 2. The van der Waals surface area contributed by atoms with Crippen LogP contribution >= 0.6 is 0 Å². The predicted molar refractivity (Wildman–Crippen MR) is 77.4 cm³/mol. The minimum Gasteiger partial charge on any atom is -0.353 e. The van der Waals surface area contributed by atoms with Crippen LogP contribution in [0.3, 0.4) is 0 Å². The zero-order valence-electron chi connectivity index (χ0n) is 11.9. The fourth-order valence-electron chi connectivity index (χ4n) is 2.42. The molecule has 106 valence electrons. The molecular weight excluding hydrogens is 226 g/mol. The predicted octanol–water partition coefficient (Wildman–Crippen LogP) is 1.07. The van der Waals surface area contributed by atoms with Gasteiger partial charge in [0.25, 0.3) is 0 Å². The molecule has 0 aliphatic heterocycles. The molecule has 0 amide bonds. The molecule has 1 aliphatic carbocycles. The molecule has 0 atom stereocenters. The van der Waals surface area contributed by atoms with Crippen LogP contribution in [0.5, 0.6) is 0 Å². The maximum atomic E-state index is 5.49. The molecule has 0 unspecified atom stereocenters. The van der Waals surface area contributed by atoms with Crippen LogP contribution in [0.25, 0.3) is 0 Å². The molecule has 18 heavy (non-hydrogen) atoms. The monoisotopic (exact) mass is 255 g/mol. The van der Waals surface area contributed by atoms with Crippen LogP contribution in [0, 0.1) is 0 Å². The van der Waals surface area contributed by atoms with E-state index in [0.29, 0.717) is 6.04 Å². The summed E-state index contributed by atoms with van der Waals surface area (Å²) in [6.07, 6.45) is 6.19. The normalized spacial score (nSPS) is 17.4. The summed E-state index contributed by atoms with van der Waals surface area (Å²) in [6.45, 7) is 8.56. The van der Waals surface area contributed by atoms with E-state index in [1.807, 2.05) is 0 Å². The van der Waals surface area contributed by atoms with Gasteiger partial charge >= 0.3 is 0 Å². The van der Waals surface area contributed by atoms with Gasteiger partial charge in [0.15, 0.2) is 0 Å². The molecule has 1 aliphatic rings. The first-order valence-corrected chi connectivity index (χ1v) is 7.30. The third-order valence-electron chi connectivity index (χ3n) is 3.63. The highest BCUT2D eigenvalue weighted by Gasteiger charge is 2.15. The Balaban J connectivity index is 2.20. The van der Waals surface area contributed by atoms with Gasteiger partial charge in [0.05, 0.1) is 0 Å². The highest BCUT2D eigenvalue weighted by molar-refractivity contribution is 5.79. The van der Waals surface area contributed by atoms with Gasteiger partial charge in [0.2, 0.25) is 5.96 Å². The third-order valence-corrected chi connectivity index (χ3v) is 3.63. The minimum atomic E-state index is 0.558. The van der Waals surface area contributed by atoms with Crippen LogP contribution in [0.4, 0.5) is 0 Å². The first kappa shape index (κ1) is 15.2. The molecule has 0 heterocycles. The van der Waals surface area contributed by atoms with Crippen LogP contribution < -0.4 is 16.6 Å². The first-order valence-electron chi connectivity index (χ1n) is 7.30. The first-order chi connectivity index (χ1) is 8.80. The Bertz CT molecular complexity index is 232. The van der Waals surface area contributed by atoms with Crippen molar-refractivity contribution < 1.29 is 0 Å². The summed E-state index contributed by atoms with van der Waals surface area (Å²) in [5.74, 6) is 6.24. The second kappa shape index (κ2) is 9.16. The Morgan fingerprint density at radius 3 is 2.50 bits per heavy atom. The molecule has 0 aromatic rings. The van der Waals surface area contributed by atoms with Gasteiger partial charge in [-0.15, -0.1) is 0 Å². The molecule has 0 spiro atoms. The van der Waals surface area contributed by atoms with Crippen molar-refractivity contribution in [3.8, 4) is 0 Å². The summed E-state index contributed by atoms with van der Waals surface area (Å²) < 4.78 is 0. The number of hydrogen-bond acceptors (Lipinski definition) is 3. The van der Waals surface area contributed by atoms with Crippen LogP contribution in [-0.2, 0) is 0 Å². The lowest BCUT2D eigenvalue weighted by Crippen LogP contribution is -2.45. The Morgan fingerprint density at radius 1 is 1.28 bits per heavy atom. The molecule has 0 radical (unpaired) electrons. The number of guanidine groups is 1. The van der Waals surface area contributed by atoms with Gasteiger partial charge in [-0.2, -0.15) is 0 Å². The second-order valence-electron chi connectivity index (χ2n) is 4.88. The van der Waals surface area contributed by atoms with Gasteiger partial charge in [-0.3, -0.25) is 10.4 Å². The van der Waals surface area contributed by atoms with E-state index in [0.717, 1.165) is 38.6 Å². The van der Waals surface area contributed by atoms with E-state index < -0.39 is 0 Å². The molecule has 0 aromatic carbocycles. The molecule has 0 saturated heterocycles. The van der Waals surface area contributed by atoms with E-state index >= 15 is 0 Å². The van der Waals surface area contributed by atoms with Gasteiger partial charge < -0.3 is 10.2 Å². The van der Waals surface area contributed by atoms with Crippen molar-refractivity contribution in [2.45, 2.75) is 52.0 Å². The van der Waals surface area contributed by atoms with Gasteiger partial charge in [-0.25, -0.2) is 5.84 Å². The highest BCUT2D eigenvalue weighted by Crippen LogP contribution is 2.17. The smallest absolute Gasteiger partial charge is 0.205 e. The number of rotatable bonds is 7. The summed E-state index contributed by atoms with van der Waals surface area (Å²) in [7, 11) is 0. The SMILES string of the molecule is CCN(CC)CCCN=C(NN)NC1CCCC1. The quantitative estimate of drug-likeness (QED) is 0.209. The van der Waals surface area contributed by atoms with Crippen molar-refractivity contribution in [2.24, 2.45) is 10.8 Å². The molecule has 5 heteroatoms. The number of hydrogen-bond donors (Lipinski definition) is 3. The molecule has 1 saturated carbocycles. The van der Waals surface area contributed by atoms with Crippen LogP contribution in [0.15, 0.2) is 4.99 Å². The minimum absolute atomic E-state index is 0.558. The van der Waals surface area contributed by atoms with E-state index in [4.69, 9.17) is 5.84 Å². The Labute approximate surface area is 111 Å². The van der Waals surface area contributed by atoms with Crippen molar-refractivity contribution in [3.63, 3.8) is 0 Å². The van der Waals surface area contributed by atoms with Gasteiger partial charge in [-0.1, -0.05) is 26.7 Å².